The van der Waals surface area contributed by atoms with Gasteiger partial charge in [0.25, 0.3) is 5.56 Å². The van der Waals surface area contributed by atoms with Gasteiger partial charge in [0.2, 0.25) is 11.9 Å². The number of carbonyl (C=O) groups excluding carboxylic acids is 2. The molecule has 2 aromatic rings. The molecule has 1 unspecified atom stereocenters. The first kappa shape index (κ1) is 14.0. The highest BCUT2D eigenvalue weighted by molar-refractivity contribution is 8.14. The molecule has 1 aliphatic heterocycles. The van der Waals surface area contributed by atoms with Crippen LogP contribution in [0.2, 0.25) is 0 Å². The van der Waals surface area contributed by atoms with Crippen LogP contribution in [0.3, 0.4) is 0 Å². The van der Waals surface area contributed by atoms with E-state index in [4.69, 9.17) is 12.2 Å². The molecular formula is C11H11N5O3S2. The largest absolute Gasteiger partial charge is 0.325 e. The Labute approximate surface area is 127 Å². The SMILES string of the molecule is CC(=O)SC1CC(=O)N(c2nc3[nH]c(=S)[nH]c3c(=O)[nH]2)C1. The van der Waals surface area contributed by atoms with Gasteiger partial charge in [0.1, 0.15) is 5.52 Å². The third-order valence-corrected chi connectivity index (χ3v) is 4.24. The maximum atomic E-state index is 12.0. The number of carbonyl (C=O) groups is 2. The molecule has 3 heterocycles. The van der Waals surface area contributed by atoms with Crippen molar-refractivity contribution < 1.29 is 9.59 Å². The van der Waals surface area contributed by atoms with Crippen LogP contribution in [-0.2, 0) is 9.59 Å². The van der Waals surface area contributed by atoms with Crippen LogP contribution in [0.4, 0.5) is 5.95 Å². The number of aromatic amines is 3. The van der Waals surface area contributed by atoms with Gasteiger partial charge in [0.15, 0.2) is 15.5 Å². The van der Waals surface area contributed by atoms with E-state index in [1.807, 2.05) is 0 Å². The summed E-state index contributed by atoms with van der Waals surface area (Å²) in [5, 5.41) is -0.165. The first-order chi connectivity index (χ1) is 9.94. The van der Waals surface area contributed by atoms with Gasteiger partial charge in [-0.25, -0.2) is 0 Å². The summed E-state index contributed by atoms with van der Waals surface area (Å²) in [6.07, 6.45) is 0.245. The quantitative estimate of drug-likeness (QED) is 0.700. The fraction of sp³-hybridized carbons (Fsp3) is 0.364. The van der Waals surface area contributed by atoms with Crippen LogP contribution in [0, 0.1) is 4.77 Å². The highest BCUT2D eigenvalue weighted by Gasteiger charge is 2.33. The summed E-state index contributed by atoms with van der Waals surface area (Å²) in [5.74, 6) is -0.0141. The third kappa shape index (κ3) is 2.63. The van der Waals surface area contributed by atoms with Gasteiger partial charge >= 0.3 is 0 Å². The molecule has 1 saturated heterocycles. The van der Waals surface area contributed by atoms with Crippen molar-refractivity contribution in [2.24, 2.45) is 0 Å². The minimum Gasteiger partial charge on any atom is -0.325 e. The molecule has 3 N–H and O–H groups in total. The van der Waals surface area contributed by atoms with E-state index in [9.17, 15) is 14.4 Å². The van der Waals surface area contributed by atoms with E-state index in [2.05, 4.69) is 19.9 Å². The minimum atomic E-state index is -0.405. The van der Waals surface area contributed by atoms with Crippen molar-refractivity contribution in [1.29, 1.82) is 0 Å². The predicted molar refractivity (Wildman–Crippen MR) is 80.9 cm³/mol. The van der Waals surface area contributed by atoms with Gasteiger partial charge in [-0.2, -0.15) is 4.98 Å². The zero-order valence-corrected chi connectivity index (χ0v) is 12.6. The molecule has 1 aliphatic rings. The van der Waals surface area contributed by atoms with Gasteiger partial charge in [0, 0.05) is 25.1 Å². The smallest absolute Gasteiger partial charge is 0.278 e. The molecule has 1 amide bonds. The number of hydrogen-bond acceptors (Lipinski definition) is 6. The van der Waals surface area contributed by atoms with E-state index >= 15 is 0 Å². The first-order valence-corrected chi connectivity index (χ1v) is 7.42. The van der Waals surface area contributed by atoms with Crippen molar-refractivity contribution in [3.63, 3.8) is 0 Å². The van der Waals surface area contributed by atoms with Gasteiger partial charge in [-0.3, -0.25) is 24.3 Å². The Bertz CT molecular complexity index is 851. The number of aromatic nitrogens is 4. The fourth-order valence-electron chi connectivity index (χ4n) is 2.24. The highest BCUT2D eigenvalue weighted by Crippen LogP contribution is 2.26. The summed E-state index contributed by atoms with van der Waals surface area (Å²) < 4.78 is 0.290. The Morgan fingerprint density at radius 1 is 1.38 bits per heavy atom. The fourth-order valence-corrected chi connectivity index (χ4v) is 3.36. The second-order valence-electron chi connectivity index (χ2n) is 4.63. The zero-order valence-electron chi connectivity index (χ0n) is 10.9. The number of imidazole rings is 1. The van der Waals surface area contributed by atoms with Crippen molar-refractivity contribution in [1.82, 2.24) is 19.9 Å². The number of thioether (sulfide) groups is 1. The van der Waals surface area contributed by atoms with Crippen LogP contribution < -0.4 is 10.5 Å². The molecule has 2 aromatic heterocycles. The van der Waals surface area contributed by atoms with E-state index < -0.39 is 5.56 Å². The van der Waals surface area contributed by atoms with E-state index in [1.54, 1.807) is 0 Å². The lowest BCUT2D eigenvalue weighted by molar-refractivity contribution is -0.117. The van der Waals surface area contributed by atoms with Crippen LogP contribution >= 0.6 is 24.0 Å². The van der Waals surface area contributed by atoms with Crippen LogP contribution in [0.15, 0.2) is 4.79 Å². The van der Waals surface area contributed by atoms with Gasteiger partial charge in [-0.1, -0.05) is 11.8 Å². The van der Waals surface area contributed by atoms with Crippen molar-refractivity contribution in [2.45, 2.75) is 18.6 Å². The molecule has 10 heteroatoms. The first-order valence-electron chi connectivity index (χ1n) is 6.14. The average molecular weight is 325 g/mol. The van der Waals surface area contributed by atoms with Crippen molar-refractivity contribution in [2.75, 3.05) is 11.4 Å². The molecule has 0 aliphatic carbocycles. The Morgan fingerprint density at radius 2 is 2.14 bits per heavy atom. The Morgan fingerprint density at radius 3 is 2.86 bits per heavy atom. The molecule has 0 spiro atoms. The summed E-state index contributed by atoms with van der Waals surface area (Å²) in [4.78, 5) is 48.7. The molecule has 0 radical (unpaired) electrons. The Hall–Kier alpha value is -1.94. The lowest BCUT2D eigenvalue weighted by Crippen LogP contribution is -2.29. The molecule has 21 heavy (non-hydrogen) atoms. The predicted octanol–water partition coefficient (Wildman–Crippen LogP) is 0.694. The molecule has 1 fully saturated rings. The number of nitrogens with one attached hydrogen (secondary N) is 3. The Balaban J connectivity index is 1.97. The van der Waals surface area contributed by atoms with E-state index in [0.717, 1.165) is 11.8 Å². The summed E-state index contributed by atoms with van der Waals surface area (Å²) in [5.41, 5.74) is 0.136. The zero-order chi connectivity index (χ0) is 15.1. The summed E-state index contributed by atoms with van der Waals surface area (Å²) in [6.45, 7) is 1.80. The van der Waals surface area contributed by atoms with Crippen LogP contribution in [0.25, 0.3) is 11.2 Å². The van der Waals surface area contributed by atoms with Gasteiger partial charge in [-0.05, 0) is 12.2 Å². The standard InChI is InChI=1S/C11H11N5O3S2/c1-4(17)21-5-2-6(18)16(3-5)10-13-8-7(9(19)15-10)12-11(20)14-8/h5H,2-3H2,1H3,(H3,12,13,14,15,19,20). The van der Waals surface area contributed by atoms with Crippen LogP contribution in [-0.4, -0.2) is 42.8 Å². The number of fused-ring (bicyclic) bond motifs is 1. The monoisotopic (exact) mass is 325 g/mol. The van der Waals surface area contributed by atoms with E-state index in [-0.39, 0.29) is 38.9 Å². The maximum Gasteiger partial charge on any atom is 0.278 e. The third-order valence-electron chi connectivity index (χ3n) is 3.06. The molecule has 1 atom stereocenters. The van der Waals surface area contributed by atoms with Crippen molar-refractivity contribution in [3.8, 4) is 0 Å². The summed E-state index contributed by atoms with van der Waals surface area (Å²) >= 11 is 6.04. The number of nitrogens with zero attached hydrogens (tertiary/aromatic N) is 2. The number of amides is 1. The highest BCUT2D eigenvalue weighted by atomic mass is 32.2. The summed E-state index contributed by atoms with van der Waals surface area (Å²) in [6, 6.07) is 0. The van der Waals surface area contributed by atoms with E-state index in [1.165, 1.54) is 11.8 Å². The molecule has 8 nitrogen and oxygen atoms in total. The second-order valence-corrected chi connectivity index (χ2v) is 6.52. The lowest BCUT2D eigenvalue weighted by Gasteiger charge is -2.14. The summed E-state index contributed by atoms with van der Waals surface area (Å²) in [7, 11) is 0. The second kappa shape index (κ2) is 5.11. The van der Waals surface area contributed by atoms with Gasteiger partial charge < -0.3 is 9.97 Å². The van der Waals surface area contributed by atoms with Crippen molar-refractivity contribution in [3.05, 3.63) is 15.1 Å². The number of rotatable bonds is 2. The normalized spacial score (nSPS) is 18.6. The maximum absolute atomic E-state index is 12.0. The molecule has 0 aromatic carbocycles. The number of H-pyrrole nitrogens is 3. The van der Waals surface area contributed by atoms with Crippen LogP contribution in [0.1, 0.15) is 13.3 Å². The number of anilines is 1. The minimum absolute atomic E-state index is 0.0405. The lowest BCUT2D eigenvalue weighted by atomic mass is 10.4. The van der Waals surface area contributed by atoms with E-state index in [0.29, 0.717) is 12.2 Å². The molecule has 3 rings (SSSR count). The average Bonchev–Trinajstić information content (AvgIpc) is 2.91. The van der Waals surface area contributed by atoms with Crippen molar-refractivity contribution >= 4 is 52.1 Å². The van der Waals surface area contributed by atoms with Crippen LogP contribution in [0.5, 0.6) is 0 Å². The topological polar surface area (TPSA) is 115 Å². The molecule has 0 saturated carbocycles. The molecular weight excluding hydrogens is 314 g/mol. The van der Waals surface area contributed by atoms with Gasteiger partial charge in [-0.15, -0.1) is 0 Å². The van der Waals surface area contributed by atoms with Gasteiger partial charge in [0.05, 0.1) is 0 Å². The number of hydrogen-bond donors (Lipinski definition) is 3. The molecule has 0 bridgehead atoms. The Kier molecular flexibility index (Phi) is 3.41. The molecule has 110 valence electrons.